The molecular formula is C29H44N6O9. The molecule has 15 heteroatoms. The number of carbonyl (C=O) groups excluding carboxylic acids is 6. The van der Waals surface area contributed by atoms with Crippen molar-refractivity contribution in [1.29, 1.82) is 0 Å². The maximum absolute atomic E-state index is 12.5. The molecule has 2 rings (SSSR count). The second-order valence-corrected chi connectivity index (χ2v) is 9.84. The van der Waals surface area contributed by atoms with Gasteiger partial charge < -0.3 is 41.6 Å². The molecule has 0 saturated heterocycles. The van der Waals surface area contributed by atoms with Gasteiger partial charge in [-0.1, -0.05) is 32.9 Å². The SMILES string of the molecule is CC(C)C(NC(=O)CCOCCOCCN1C(=O)C=CC1=O)C(=O)NCC(=O)Nc1ccc(CO)cc1.CCCNC(N)=O. The lowest BCUT2D eigenvalue weighted by Crippen LogP contribution is -2.51. The van der Waals surface area contributed by atoms with E-state index >= 15 is 0 Å². The predicted molar refractivity (Wildman–Crippen MR) is 161 cm³/mol. The van der Waals surface area contributed by atoms with Gasteiger partial charge in [0.1, 0.15) is 6.04 Å². The monoisotopic (exact) mass is 620 g/mol. The number of ether oxygens (including phenoxy) is 2. The van der Waals surface area contributed by atoms with Crippen LogP contribution in [0.15, 0.2) is 36.4 Å². The average Bonchev–Trinajstić information content (AvgIpc) is 3.31. The van der Waals surface area contributed by atoms with E-state index in [0.29, 0.717) is 17.8 Å². The molecule has 0 aliphatic carbocycles. The second-order valence-electron chi connectivity index (χ2n) is 9.84. The number of aliphatic hydroxyl groups excluding tert-OH is 1. The summed E-state index contributed by atoms with van der Waals surface area (Å²) >= 11 is 0. The normalized spacial score (nSPS) is 12.8. The van der Waals surface area contributed by atoms with Gasteiger partial charge in [0, 0.05) is 30.8 Å². The van der Waals surface area contributed by atoms with Crippen molar-refractivity contribution >= 4 is 41.3 Å². The largest absolute Gasteiger partial charge is 0.392 e. The third kappa shape index (κ3) is 15.8. The molecule has 44 heavy (non-hydrogen) atoms. The molecule has 0 aromatic heterocycles. The highest BCUT2D eigenvalue weighted by Crippen LogP contribution is 2.09. The van der Waals surface area contributed by atoms with E-state index in [9.17, 15) is 28.8 Å². The number of amides is 7. The van der Waals surface area contributed by atoms with Crippen molar-refractivity contribution in [1.82, 2.24) is 20.9 Å². The first-order chi connectivity index (χ1) is 21.0. The van der Waals surface area contributed by atoms with Gasteiger partial charge in [-0.05, 0) is 30.0 Å². The van der Waals surface area contributed by atoms with Crippen molar-refractivity contribution in [3.8, 4) is 0 Å². The molecule has 1 aromatic rings. The zero-order valence-electron chi connectivity index (χ0n) is 25.4. The minimum atomic E-state index is -0.821. The Labute approximate surface area is 256 Å². The van der Waals surface area contributed by atoms with Crippen molar-refractivity contribution in [3.05, 3.63) is 42.0 Å². The summed E-state index contributed by atoms with van der Waals surface area (Å²) in [6, 6.07) is 5.38. The molecule has 7 amide bonds. The number of primary amides is 1. The summed E-state index contributed by atoms with van der Waals surface area (Å²) in [5.74, 6) is -2.22. The highest BCUT2D eigenvalue weighted by Gasteiger charge is 2.24. The first-order valence-electron chi connectivity index (χ1n) is 14.3. The molecule has 1 unspecified atom stereocenters. The van der Waals surface area contributed by atoms with Crippen LogP contribution < -0.4 is 27.0 Å². The van der Waals surface area contributed by atoms with Crippen LogP contribution in [-0.2, 0) is 40.1 Å². The van der Waals surface area contributed by atoms with Gasteiger partial charge in [-0.15, -0.1) is 0 Å². The van der Waals surface area contributed by atoms with Gasteiger partial charge in [0.25, 0.3) is 11.8 Å². The number of aliphatic hydroxyl groups is 1. The standard InChI is InChI=1S/C25H34N4O8.C4H10N2O/c1-17(2)24(25(35)26-15-21(32)27-19-5-3-18(16-30)4-6-19)28-20(31)9-11-36-13-14-37-12-10-29-22(33)7-8-23(29)34;1-2-3-6-4(5)7/h3-8,17,24,30H,9-16H2,1-2H3,(H,26,35)(H,27,32)(H,28,31);2-3H2,1H3,(H3,5,6,7). The Balaban J connectivity index is 0.00000123. The lowest BCUT2D eigenvalue weighted by molar-refractivity contribution is -0.137. The van der Waals surface area contributed by atoms with Gasteiger partial charge in [-0.25, -0.2) is 4.79 Å². The number of rotatable bonds is 18. The Bertz CT molecular complexity index is 1110. The minimum Gasteiger partial charge on any atom is -0.392 e. The third-order valence-electron chi connectivity index (χ3n) is 5.86. The van der Waals surface area contributed by atoms with Crippen LogP contribution in [0.1, 0.15) is 39.2 Å². The molecule has 1 aromatic carbocycles. The summed E-state index contributed by atoms with van der Waals surface area (Å²) in [5, 5.41) is 19.3. The van der Waals surface area contributed by atoms with Gasteiger partial charge in [0.15, 0.2) is 0 Å². The van der Waals surface area contributed by atoms with E-state index in [2.05, 4.69) is 21.3 Å². The molecule has 0 saturated carbocycles. The molecule has 0 radical (unpaired) electrons. The summed E-state index contributed by atoms with van der Waals surface area (Å²) in [6.07, 6.45) is 3.38. The highest BCUT2D eigenvalue weighted by molar-refractivity contribution is 6.12. The summed E-state index contributed by atoms with van der Waals surface area (Å²) in [4.78, 5) is 70.7. The van der Waals surface area contributed by atoms with Crippen LogP contribution in [-0.4, -0.2) is 97.7 Å². The van der Waals surface area contributed by atoms with Crippen LogP contribution >= 0.6 is 0 Å². The van der Waals surface area contributed by atoms with E-state index in [1.165, 1.54) is 12.2 Å². The van der Waals surface area contributed by atoms with Gasteiger partial charge in [-0.3, -0.25) is 28.9 Å². The first-order valence-corrected chi connectivity index (χ1v) is 14.3. The molecule has 0 bridgehead atoms. The van der Waals surface area contributed by atoms with Crippen molar-refractivity contribution in [3.63, 3.8) is 0 Å². The van der Waals surface area contributed by atoms with Crippen molar-refractivity contribution in [2.24, 2.45) is 11.7 Å². The summed E-state index contributed by atoms with van der Waals surface area (Å²) in [7, 11) is 0. The Morgan fingerprint density at radius 2 is 1.52 bits per heavy atom. The maximum Gasteiger partial charge on any atom is 0.312 e. The van der Waals surface area contributed by atoms with E-state index in [-0.39, 0.29) is 76.2 Å². The van der Waals surface area contributed by atoms with E-state index < -0.39 is 23.9 Å². The van der Waals surface area contributed by atoms with Gasteiger partial charge in [-0.2, -0.15) is 0 Å². The van der Waals surface area contributed by atoms with Crippen LogP contribution in [0.4, 0.5) is 10.5 Å². The van der Waals surface area contributed by atoms with E-state index in [4.69, 9.17) is 20.3 Å². The maximum atomic E-state index is 12.5. The number of imide groups is 1. The van der Waals surface area contributed by atoms with Crippen LogP contribution in [0.2, 0.25) is 0 Å². The molecule has 0 spiro atoms. The molecule has 7 N–H and O–H groups in total. The zero-order chi connectivity index (χ0) is 32.9. The topological polar surface area (TPSA) is 218 Å². The summed E-state index contributed by atoms with van der Waals surface area (Å²) < 4.78 is 10.7. The Hall–Kier alpha value is -4.34. The number of anilines is 1. The van der Waals surface area contributed by atoms with Crippen LogP contribution in [0.3, 0.4) is 0 Å². The predicted octanol–water partition coefficient (Wildman–Crippen LogP) is -0.213. The minimum absolute atomic E-state index is 0.0310. The Kier molecular flexibility index (Phi) is 18.3. The molecular weight excluding hydrogens is 576 g/mol. The van der Waals surface area contributed by atoms with Crippen molar-refractivity contribution in [2.75, 3.05) is 51.4 Å². The zero-order valence-corrected chi connectivity index (χ0v) is 25.4. The fraction of sp³-hybridized carbons (Fsp3) is 0.517. The second kappa shape index (κ2) is 21.4. The summed E-state index contributed by atoms with van der Waals surface area (Å²) in [5.41, 5.74) is 5.97. The van der Waals surface area contributed by atoms with Gasteiger partial charge in [0.2, 0.25) is 17.7 Å². The molecule has 1 aliphatic heterocycles. The number of nitrogens with zero attached hydrogens (tertiary/aromatic N) is 1. The fourth-order valence-electron chi connectivity index (χ4n) is 3.50. The number of nitrogens with one attached hydrogen (secondary N) is 4. The molecule has 15 nitrogen and oxygen atoms in total. The molecule has 1 atom stereocenters. The van der Waals surface area contributed by atoms with E-state index in [0.717, 1.165) is 11.3 Å². The first kappa shape index (κ1) is 37.7. The number of carbonyl (C=O) groups is 6. The number of urea groups is 1. The Morgan fingerprint density at radius 1 is 0.909 bits per heavy atom. The molecule has 1 heterocycles. The quantitative estimate of drug-likeness (QED) is 0.0943. The highest BCUT2D eigenvalue weighted by atomic mass is 16.5. The fourth-order valence-corrected chi connectivity index (χ4v) is 3.50. The lowest BCUT2D eigenvalue weighted by Gasteiger charge is -2.21. The van der Waals surface area contributed by atoms with E-state index in [1.54, 1.807) is 38.1 Å². The summed E-state index contributed by atoms with van der Waals surface area (Å²) in [6.45, 7) is 6.75. The van der Waals surface area contributed by atoms with Crippen molar-refractivity contribution < 1.29 is 43.3 Å². The van der Waals surface area contributed by atoms with Crippen LogP contribution in [0.5, 0.6) is 0 Å². The van der Waals surface area contributed by atoms with Gasteiger partial charge >= 0.3 is 6.03 Å². The average molecular weight is 621 g/mol. The molecule has 0 fully saturated rings. The number of nitrogens with two attached hydrogens (primary N) is 1. The lowest BCUT2D eigenvalue weighted by atomic mass is 10.0. The number of hydrogen-bond acceptors (Lipinski definition) is 9. The van der Waals surface area contributed by atoms with Crippen molar-refractivity contribution in [2.45, 2.75) is 46.3 Å². The smallest absolute Gasteiger partial charge is 0.312 e. The van der Waals surface area contributed by atoms with E-state index in [1.807, 2.05) is 6.92 Å². The van der Waals surface area contributed by atoms with Gasteiger partial charge in [0.05, 0.1) is 46.1 Å². The van der Waals surface area contributed by atoms with Crippen LogP contribution in [0.25, 0.3) is 0 Å². The number of hydrogen-bond donors (Lipinski definition) is 6. The van der Waals surface area contributed by atoms with Crippen LogP contribution in [0, 0.1) is 5.92 Å². The molecule has 1 aliphatic rings. The third-order valence-corrected chi connectivity index (χ3v) is 5.86. The Morgan fingerprint density at radius 3 is 2.05 bits per heavy atom. The number of benzene rings is 1. The molecule has 244 valence electrons.